The number of anilines is 1. The lowest BCUT2D eigenvalue weighted by Gasteiger charge is -2.48. The van der Waals surface area contributed by atoms with Crippen LogP contribution >= 0.6 is 0 Å². The zero-order valence-corrected chi connectivity index (χ0v) is 18.2. The van der Waals surface area contributed by atoms with Crippen LogP contribution in [0.25, 0.3) is 0 Å². The van der Waals surface area contributed by atoms with Crippen LogP contribution in [0.1, 0.15) is 42.1 Å². The molecule has 3 aliphatic rings. The Morgan fingerprint density at radius 1 is 1.16 bits per heavy atom. The molecule has 2 unspecified atom stereocenters. The highest BCUT2D eigenvalue weighted by Crippen LogP contribution is 2.43. The number of carbonyl (C=O) groups excluding carboxylic acids is 3. The van der Waals surface area contributed by atoms with Gasteiger partial charge in [0.15, 0.2) is 0 Å². The van der Waals surface area contributed by atoms with Gasteiger partial charge in [0.1, 0.15) is 11.4 Å². The normalized spacial score (nSPS) is 23.8. The zero-order chi connectivity index (χ0) is 22.3. The van der Waals surface area contributed by atoms with Gasteiger partial charge in [-0.25, -0.2) is 0 Å². The molecule has 0 spiro atoms. The fraction of sp³-hybridized carbons (Fsp3) is 0.400. The number of rotatable bonds is 5. The van der Waals surface area contributed by atoms with Crippen molar-refractivity contribution in [2.45, 2.75) is 38.3 Å². The first-order chi connectivity index (χ1) is 15.5. The number of hydrogen-bond acceptors (Lipinski definition) is 4. The van der Waals surface area contributed by atoms with Gasteiger partial charge in [0.05, 0.1) is 17.9 Å². The van der Waals surface area contributed by atoms with Gasteiger partial charge in [-0.1, -0.05) is 30.3 Å². The molecule has 0 saturated carbocycles. The summed E-state index contributed by atoms with van der Waals surface area (Å²) in [6.07, 6.45) is 2.01. The van der Waals surface area contributed by atoms with Crippen LogP contribution in [0.15, 0.2) is 48.5 Å². The van der Waals surface area contributed by atoms with Crippen molar-refractivity contribution in [2.75, 3.05) is 24.6 Å². The zero-order valence-electron chi connectivity index (χ0n) is 18.2. The second-order valence-corrected chi connectivity index (χ2v) is 8.96. The third-order valence-electron chi connectivity index (χ3n) is 6.85. The van der Waals surface area contributed by atoms with Crippen LogP contribution in [-0.4, -0.2) is 48.0 Å². The topological polar surface area (TPSA) is 79.0 Å². The van der Waals surface area contributed by atoms with E-state index in [9.17, 15) is 14.4 Å². The third kappa shape index (κ3) is 3.42. The van der Waals surface area contributed by atoms with Crippen molar-refractivity contribution in [3.63, 3.8) is 0 Å². The van der Waals surface area contributed by atoms with Gasteiger partial charge in [-0.2, -0.15) is 0 Å². The number of hydrogen-bond donors (Lipinski definition) is 1. The molecule has 0 bridgehead atoms. The maximum atomic E-state index is 13.2. The van der Waals surface area contributed by atoms with Gasteiger partial charge in [-0.05, 0) is 43.5 Å². The van der Waals surface area contributed by atoms with Crippen molar-refractivity contribution in [3.8, 4) is 5.75 Å². The summed E-state index contributed by atoms with van der Waals surface area (Å²) in [5, 5.41) is 3.00. The van der Waals surface area contributed by atoms with Crippen molar-refractivity contribution < 1.29 is 19.1 Å². The molecular formula is C25H27N3O4. The molecule has 3 heterocycles. The van der Waals surface area contributed by atoms with Gasteiger partial charge in [0.25, 0.3) is 5.91 Å². The predicted octanol–water partition coefficient (Wildman–Crippen LogP) is 2.74. The van der Waals surface area contributed by atoms with Gasteiger partial charge >= 0.3 is 0 Å². The molecule has 0 aromatic heterocycles. The SMILES string of the molecule is CC12CCC(=O)N1c1ccccc1C(=O)N2CCC(=O)NCC1COc2ccccc2C1. The van der Waals surface area contributed by atoms with Crippen LogP contribution < -0.4 is 15.0 Å². The molecule has 7 heteroatoms. The van der Waals surface area contributed by atoms with E-state index in [-0.39, 0.29) is 36.6 Å². The van der Waals surface area contributed by atoms with E-state index in [1.165, 1.54) is 0 Å². The summed E-state index contributed by atoms with van der Waals surface area (Å²) in [4.78, 5) is 41.9. The molecule has 2 atom stereocenters. The average molecular weight is 434 g/mol. The Bertz CT molecular complexity index is 1080. The molecule has 5 rings (SSSR count). The highest BCUT2D eigenvalue weighted by molar-refractivity contribution is 6.10. The number of para-hydroxylation sites is 2. The van der Waals surface area contributed by atoms with Crippen molar-refractivity contribution in [1.29, 1.82) is 0 Å². The van der Waals surface area contributed by atoms with Gasteiger partial charge in [-0.15, -0.1) is 0 Å². The van der Waals surface area contributed by atoms with E-state index in [2.05, 4.69) is 11.4 Å². The second kappa shape index (κ2) is 7.97. The fourth-order valence-corrected chi connectivity index (χ4v) is 5.12. The van der Waals surface area contributed by atoms with Crippen molar-refractivity contribution >= 4 is 23.4 Å². The molecule has 2 aromatic carbocycles. The van der Waals surface area contributed by atoms with Crippen LogP contribution in [0.2, 0.25) is 0 Å². The Balaban J connectivity index is 1.22. The number of fused-ring (bicyclic) bond motifs is 4. The molecule has 3 aliphatic heterocycles. The lowest BCUT2D eigenvalue weighted by atomic mass is 9.96. The summed E-state index contributed by atoms with van der Waals surface area (Å²) in [5.41, 5.74) is 1.61. The molecule has 1 N–H and O–H groups in total. The van der Waals surface area contributed by atoms with Gasteiger partial charge in [-0.3, -0.25) is 19.3 Å². The van der Waals surface area contributed by atoms with E-state index >= 15 is 0 Å². The first-order valence-electron chi connectivity index (χ1n) is 11.2. The van der Waals surface area contributed by atoms with Crippen LogP contribution in [-0.2, 0) is 16.0 Å². The van der Waals surface area contributed by atoms with E-state index < -0.39 is 5.66 Å². The number of nitrogens with one attached hydrogen (secondary N) is 1. The smallest absolute Gasteiger partial charge is 0.257 e. The first kappa shape index (κ1) is 20.5. The van der Waals surface area contributed by atoms with E-state index in [1.54, 1.807) is 21.9 Å². The summed E-state index contributed by atoms with van der Waals surface area (Å²) in [6, 6.07) is 15.2. The molecule has 1 saturated heterocycles. The van der Waals surface area contributed by atoms with Gasteiger partial charge < -0.3 is 15.0 Å². The summed E-state index contributed by atoms with van der Waals surface area (Å²) in [5.74, 6) is 0.925. The molecule has 166 valence electrons. The van der Waals surface area contributed by atoms with Crippen LogP contribution in [0, 0.1) is 5.92 Å². The Hall–Kier alpha value is -3.35. The second-order valence-electron chi connectivity index (χ2n) is 8.96. The molecule has 1 fully saturated rings. The summed E-state index contributed by atoms with van der Waals surface area (Å²) in [6.45, 7) is 3.30. The molecule has 0 aliphatic carbocycles. The summed E-state index contributed by atoms with van der Waals surface area (Å²) >= 11 is 0. The minimum Gasteiger partial charge on any atom is -0.493 e. The first-order valence-corrected chi connectivity index (χ1v) is 11.2. The molecule has 2 aromatic rings. The number of carbonyl (C=O) groups is 3. The van der Waals surface area contributed by atoms with E-state index in [4.69, 9.17) is 4.74 Å². The highest BCUT2D eigenvalue weighted by Gasteiger charge is 2.52. The number of ether oxygens (including phenoxy) is 1. The average Bonchev–Trinajstić information content (AvgIpc) is 3.12. The Morgan fingerprint density at radius 3 is 2.81 bits per heavy atom. The molecule has 32 heavy (non-hydrogen) atoms. The summed E-state index contributed by atoms with van der Waals surface area (Å²) in [7, 11) is 0. The number of benzene rings is 2. The number of amides is 3. The van der Waals surface area contributed by atoms with Crippen molar-refractivity contribution in [3.05, 3.63) is 59.7 Å². The van der Waals surface area contributed by atoms with Crippen molar-refractivity contribution in [2.24, 2.45) is 5.92 Å². The van der Waals surface area contributed by atoms with Crippen LogP contribution in [0.5, 0.6) is 5.75 Å². The molecule has 7 nitrogen and oxygen atoms in total. The lowest BCUT2D eigenvalue weighted by molar-refractivity contribution is -0.121. The third-order valence-corrected chi connectivity index (χ3v) is 6.85. The quantitative estimate of drug-likeness (QED) is 0.787. The van der Waals surface area contributed by atoms with E-state index in [1.807, 2.05) is 37.3 Å². The maximum Gasteiger partial charge on any atom is 0.257 e. The van der Waals surface area contributed by atoms with Crippen LogP contribution in [0.3, 0.4) is 0 Å². The monoisotopic (exact) mass is 433 g/mol. The lowest BCUT2D eigenvalue weighted by Crippen LogP contribution is -2.62. The minimum atomic E-state index is -0.732. The highest BCUT2D eigenvalue weighted by atomic mass is 16.5. The molecule has 0 radical (unpaired) electrons. The van der Waals surface area contributed by atoms with Gasteiger partial charge in [0.2, 0.25) is 11.8 Å². The molecular weight excluding hydrogens is 406 g/mol. The van der Waals surface area contributed by atoms with Crippen LogP contribution in [0.4, 0.5) is 5.69 Å². The Labute approximate surface area is 187 Å². The summed E-state index contributed by atoms with van der Waals surface area (Å²) < 4.78 is 5.80. The standard InChI is InChI=1S/C25H27N3O4/c1-25-12-10-23(30)28(25)20-8-4-3-7-19(20)24(31)27(25)13-11-22(29)26-15-17-14-18-6-2-5-9-21(18)32-16-17/h2-9,17H,10-16H2,1H3,(H,26,29). The Morgan fingerprint density at radius 2 is 1.94 bits per heavy atom. The molecule has 3 amide bonds. The predicted molar refractivity (Wildman–Crippen MR) is 119 cm³/mol. The largest absolute Gasteiger partial charge is 0.493 e. The van der Waals surface area contributed by atoms with Crippen molar-refractivity contribution in [1.82, 2.24) is 10.2 Å². The minimum absolute atomic E-state index is 0.0134. The van der Waals surface area contributed by atoms with Gasteiger partial charge in [0, 0.05) is 31.8 Å². The van der Waals surface area contributed by atoms with E-state index in [0.29, 0.717) is 37.2 Å². The fourth-order valence-electron chi connectivity index (χ4n) is 5.12. The maximum absolute atomic E-state index is 13.2. The Kier molecular flexibility index (Phi) is 5.12. The van der Waals surface area contributed by atoms with E-state index in [0.717, 1.165) is 17.7 Å². The number of nitrogens with zero attached hydrogens (tertiary/aromatic N) is 2.